The zero-order valence-electron chi connectivity index (χ0n) is 13.7. The summed E-state index contributed by atoms with van der Waals surface area (Å²) in [5.41, 5.74) is 4.28. The van der Waals surface area contributed by atoms with Crippen LogP contribution in [0, 0.1) is 0 Å². The van der Waals surface area contributed by atoms with Crippen molar-refractivity contribution in [3.63, 3.8) is 0 Å². The normalized spacial score (nSPS) is 12.2. The first kappa shape index (κ1) is 17.0. The van der Waals surface area contributed by atoms with E-state index in [4.69, 9.17) is 11.6 Å². The van der Waals surface area contributed by atoms with Crippen LogP contribution in [-0.2, 0) is 4.79 Å². The van der Waals surface area contributed by atoms with Gasteiger partial charge in [-0.15, -0.1) is 0 Å². The van der Waals surface area contributed by atoms with Gasteiger partial charge in [0.1, 0.15) is 6.04 Å². The smallest absolute Gasteiger partial charge is 0.262 e. The van der Waals surface area contributed by atoms with Crippen LogP contribution in [0.25, 0.3) is 10.8 Å². The highest BCUT2D eigenvalue weighted by Gasteiger charge is 2.12. The first-order chi connectivity index (χ1) is 12.1. The first-order valence-corrected chi connectivity index (χ1v) is 8.34. The van der Waals surface area contributed by atoms with E-state index >= 15 is 0 Å². The van der Waals surface area contributed by atoms with Crippen LogP contribution in [0.2, 0.25) is 5.02 Å². The Labute approximate surface area is 151 Å². The molecule has 1 atom stereocenters. The van der Waals surface area contributed by atoms with Gasteiger partial charge in [-0.3, -0.25) is 4.79 Å². The number of hydrogen-bond acceptors (Lipinski definition) is 3. The minimum Gasteiger partial charge on any atom is -0.373 e. The zero-order valence-corrected chi connectivity index (χ0v) is 14.5. The van der Waals surface area contributed by atoms with Crippen molar-refractivity contribution in [2.24, 2.45) is 5.10 Å². The number of benzene rings is 3. The number of halogens is 1. The largest absolute Gasteiger partial charge is 0.373 e. The second kappa shape index (κ2) is 7.81. The fourth-order valence-electron chi connectivity index (χ4n) is 2.50. The van der Waals surface area contributed by atoms with Gasteiger partial charge in [0.25, 0.3) is 5.91 Å². The van der Waals surface area contributed by atoms with Gasteiger partial charge in [0.2, 0.25) is 0 Å². The molecule has 0 saturated carbocycles. The van der Waals surface area contributed by atoms with Crippen molar-refractivity contribution in [1.82, 2.24) is 5.43 Å². The molecule has 3 rings (SSSR count). The van der Waals surface area contributed by atoms with Crippen LogP contribution < -0.4 is 10.7 Å². The molecule has 0 aromatic heterocycles. The number of hydrogen-bond donors (Lipinski definition) is 2. The van der Waals surface area contributed by atoms with Crippen molar-refractivity contribution in [2.45, 2.75) is 13.0 Å². The molecule has 25 heavy (non-hydrogen) atoms. The Kier molecular flexibility index (Phi) is 5.31. The molecular weight excluding hydrogens is 334 g/mol. The maximum atomic E-state index is 12.2. The van der Waals surface area contributed by atoms with Gasteiger partial charge in [-0.1, -0.05) is 60.1 Å². The summed E-state index contributed by atoms with van der Waals surface area (Å²) in [6.45, 7) is 1.80. The van der Waals surface area contributed by atoms with Gasteiger partial charge in [0, 0.05) is 16.1 Å². The molecule has 5 heteroatoms. The monoisotopic (exact) mass is 351 g/mol. The Morgan fingerprint density at radius 3 is 2.68 bits per heavy atom. The van der Waals surface area contributed by atoms with E-state index in [2.05, 4.69) is 15.8 Å². The Morgan fingerprint density at radius 2 is 1.84 bits per heavy atom. The highest BCUT2D eigenvalue weighted by Crippen LogP contribution is 2.23. The van der Waals surface area contributed by atoms with E-state index in [1.165, 1.54) is 0 Å². The molecule has 0 heterocycles. The highest BCUT2D eigenvalue weighted by atomic mass is 35.5. The number of fused-ring (bicyclic) bond motifs is 1. The Balaban J connectivity index is 1.64. The molecule has 0 aliphatic carbocycles. The summed E-state index contributed by atoms with van der Waals surface area (Å²) in [6.07, 6.45) is 1.56. The van der Waals surface area contributed by atoms with Gasteiger partial charge in [-0.2, -0.15) is 5.10 Å². The van der Waals surface area contributed by atoms with E-state index in [0.717, 1.165) is 22.0 Å². The summed E-state index contributed by atoms with van der Waals surface area (Å²) in [5.74, 6) is -0.216. The highest BCUT2D eigenvalue weighted by molar-refractivity contribution is 6.30. The Morgan fingerprint density at radius 1 is 1.08 bits per heavy atom. The van der Waals surface area contributed by atoms with E-state index in [0.29, 0.717) is 5.02 Å². The molecule has 0 radical (unpaired) electrons. The van der Waals surface area contributed by atoms with E-state index in [1.807, 2.05) is 54.6 Å². The predicted molar refractivity (Wildman–Crippen MR) is 104 cm³/mol. The molecule has 0 aliphatic heterocycles. The molecule has 0 bridgehead atoms. The Bertz CT molecular complexity index is 918. The minimum atomic E-state index is -0.428. The maximum Gasteiger partial charge on any atom is 0.262 e. The van der Waals surface area contributed by atoms with Crippen LogP contribution in [0.3, 0.4) is 0 Å². The molecule has 2 N–H and O–H groups in total. The summed E-state index contributed by atoms with van der Waals surface area (Å²) in [7, 11) is 0. The second-order valence-electron chi connectivity index (χ2n) is 5.68. The lowest BCUT2D eigenvalue weighted by atomic mass is 10.1. The van der Waals surface area contributed by atoms with Crippen molar-refractivity contribution >= 4 is 40.2 Å². The third kappa shape index (κ3) is 4.37. The van der Waals surface area contributed by atoms with Crippen molar-refractivity contribution in [3.05, 3.63) is 77.3 Å². The lowest BCUT2D eigenvalue weighted by molar-refractivity contribution is -0.121. The SMILES string of the molecule is CC(Nc1cccc2ccccc12)C(=O)N/N=C/c1cccc(Cl)c1. The summed E-state index contributed by atoms with van der Waals surface area (Å²) in [6, 6.07) is 20.8. The summed E-state index contributed by atoms with van der Waals surface area (Å²) >= 11 is 5.92. The van der Waals surface area contributed by atoms with Crippen LogP contribution in [0.15, 0.2) is 71.8 Å². The zero-order chi connectivity index (χ0) is 17.6. The number of carbonyl (C=O) groups excluding carboxylic acids is 1. The fourth-order valence-corrected chi connectivity index (χ4v) is 2.70. The molecule has 0 fully saturated rings. The molecule has 1 amide bonds. The first-order valence-electron chi connectivity index (χ1n) is 7.96. The van der Waals surface area contributed by atoms with E-state index < -0.39 is 6.04 Å². The molecule has 1 unspecified atom stereocenters. The van der Waals surface area contributed by atoms with Gasteiger partial charge in [-0.05, 0) is 36.1 Å². The van der Waals surface area contributed by atoms with Crippen LogP contribution >= 0.6 is 11.6 Å². The number of carbonyl (C=O) groups is 1. The van der Waals surface area contributed by atoms with Crippen molar-refractivity contribution in [1.29, 1.82) is 0 Å². The molecular formula is C20H18ClN3O. The number of nitrogens with one attached hydrogen (secondary N) is 2. The van der Waals surface area contributed by atoms with Crippen LogP contribution in [0.5, 0.6) is 0 Å². The fraction of sp³-hybridized carbons (Fsp3) is 0.100. The molecule has 0 spiro atoms. The van der Waals surface area contributed by atoms with E-state index in [9.17, 15) is 4.79 Å². The van der Waals surface area contributed by atoms with Gasteiger partial charge in [0.05, 0.1) is 6.21 Å². The van der Waals surface area contributed by atoms with Crippen molar-refractivity contribution < 1.29 is 4.79 Å². The van der Waals surface area contributed by atoms with Crippen LogP contribution in [0.1, 0.15) is 12.5 Å². The van der Waals surface area contributed by atoms with Gasteiger partial charge in [-0.25, -0.2) is 5.43 Å². The summed E-state index contributed by atoms with van der Waals surface area (Å²) in [5, 5.41) is 10.0. The second-order valence-corrected chi connectivity index (χ2v) is 6.12. The van der Waals surface area contributed by atoms with Crippen molar-refractivity contribution in [2.75, 3.05) is 5.32 Å². The van der Waals surface area contributed by atoms with Crippen LogP contribution in [0.4, 0.5) is 5.69 Å². The maximum absolute atomic E-state index is 12.2. The summed E-state index contributed by atoms with van der Waals surface area (Å²) < 4.78 is 0. The molecule has 3 aromatic carbocycles. The molecule has 126 valence electrons. The predicted octanol–water partition coefficient (Wildman–Crippen LogP) is 4.44. The van der Waals surface area contributed by atoms with Crippen molar-refractivity contribution in [3.8, 4) is 0 Å². The standard InChI is InChI=1S/C20H18ClN3O/c1-14(20(25)24-22-13-15-6-4-9-17(21)12-15)23-19-11-5-8-16-7-2-3-10-18(16)19/h2-14,23H,1H3,(H,24,25)/b22-13+. The minimum absolute atomic E-state index is 0.216. The third-order valence-electron chi connectivity index (χ3n) is 3.79. The molecule has 0 aliphatic rings. The number of hydrazone groups is 1. The number of nitrogens with zero attached hydrogens (tertiary/aromatic N) is 1. The van der Waals surface area contributed by atoms with Gasteiger partial charge in [0.15, 0.2) is 0 Å². The third-order valence-corrected chi connectivity index (χ3v) is 4.03. The average molecular weight is 352 g/mol. The summed E-state index contributed by atoms with van der Waals surface area (Å²) in [4.78, 5) is 12.2. The van der Waals surface area contributed by atoms with Gasteiger partial charge < -0.3 is 5.32 Å². The quantitative estimate of drug-likeness (QED) is 0.527. The Hall–Kier alpha value is -2.85. The lowest BCUT2D eigenvalue weighted by Gasteiger charge is -2.15. The lowest BCUT2D eigenvalue weighted by Crippen LogP contribution is -2.34. The topological polar surface area (TPSA) is 53.5 Å². The molecule has 0 saturated heterocycles. The molecule has 3 aromatic rings. The number of rotatable bonds is 5. The van der Waals surface area contributed by atoms with E-state index in [-0.39, 0.29) is 5.91 Å². The average Bonchev–Trinajstić information content (AvgIpc) is 2.62. The number of anilines is 1. The number of amides is 1. The molecule has 4 nitrogen and oxygen atoms in total. The van der Waals surface area contributed by atoms with Gasteiger partial charge >= 0.3 is 0 Å². The van der Waals surface area contributed by atoms with Crippen LogP contribution in [-0.4, -0.2) is 18.2 Å². The van der Waals surface area contributed by atoms with E-state index in [1.54, 1.807) is 25.3 Å².